The van der Waals surface area contributed by atoms with Crippen molar-refractivity contribution in [1.29, 1.82) is 0 Å². The Morgan fingerprint density at radius 3 is 2.12 bits per heavy atom. The number of hydrogen-bond donors (Lipinski definition) is 0. The molecule has 0 radical (unpaired) electrons. The Kier molecular flexibility index (Phi) is 7.58. The summed E-state index contributed by atoms with van der Waals surface area (Å²) in [7, 11) is 0. The lowest BCUT2D eigenvalue weighted by atomic mass is 9.68. The fourth-order valence-electron chi connectivity index (χ4n) is 5.01. The summed E-state index contributed by atoms with van der Waals surface area (Å²) in [4.78, 5) is 0. The van der Waals surface area contributed by atoms with Gasteiger partial charge in [0, 0.05) is 0 Å². The first-order valence-electron chi connectivity index (χ1n) is 10.8. The highest BCUT2D eigenvalue weighted by Gasteiger charge is 2.30. The first kappa shape index (κ1) is 19.5. The van der Waals surface area contributed by atoms with E-state index in [1.165, 1.54) is 63.4 Å². The molecular formula is C24H35FO. The van der Waals surface area contributed by atoms with Crippen LogP contribution in [-0.2, 0) is 0 Å². The van der Waals surface area contributed by atoms with Crippen LogP contribution in [-0.4, -0.2) is 6.61 Å². The molecule has 26 heavy (non-hydrogen) atoms. The zero-order valence-corrected chi connectivity index (χ0v) is 16.3. The Labute approximate surface area is 159 Å². The highest BCUT2D eigenvalue weighted by atomic mass is 19.1. The number of hydrogen-bond acceptors (Lipinski definition) is 1. The lowest BCUT2D eigenvalue weighted by Crippen LogP contribution is -2.25. The summed E-state index contributed by atoms with van der Waals surface area (Å²) in [6, 6.07) is 8.86. The minimum Gasteiger partial charge on any atom is -0.494 e. The minimum absolute atomic E-state index is 0.491. The average Bonchev–Trinajstić information content (AvgIpc) is 2.70. The number of rotatable bonds is 7. The molecule has 2 heteroatoms. The molecule has 0 heterocycles. The van der Waals surface area contributed by atoms with Crippen molar-refractivity contribution < 1.29 is 9.13 Å². The van der Waals surface area contributed by atoms with Gasteiger partial charge in [-0.25, -0.2) is 4.39 Å². The molecule has 2 aliphatic rings. The van der Waals surface area contributed by atoms with Crippen molar-refractivity contribution in [3.05, 3.63) is 42.2 Å². The maximum atomic E-state index is 12.3. The second kappa shape index (κ2) is 10.1. The van der Waals surface area contributed by atoms with Crippen LogP contribution in [0.2, 0.25) is 0 Å². The topological polar surface area (TPSA) is 9.23 Å². The van der Waals surface area contributed by atoms with Gasteiger partial charge in [0.25, 0.3) is 0 Å². The Balaban J connectivity index is 1.43. The van der Waals surface area contributed by atoms with Crippen molar-refractivity contribution in [2.45, 2.75) is 77.0 Å². The Morgan fingerprint density at radius 1 is 0.923 bits per heavy atom. The molecule has 2 saturated carbocycles. The molecule has 2 fully saturated rings. The highest BCUT2D eigenvalue weighted by Crippen LogP contribution is 2.44. The predicted molar refractivity (Wildman–Crippen MR) is 107 cm³/mol. The molecule has 1 aromatic carbocycles. The molecule has 3 rings (SSSR count). The molecule has 0 saturated heterocycles. The molecule has 0 bridgehead atoms. The van der Waals surface area contributed by atoms with Gasteiger partial charge in [-0.3, -0.25) is 0 Å². The van der Waals surface area contributed by atoms with Crippen LogP contribution < -0.4 is 4.74 Å². The van der Waals surface area contributed by atoms with Crippen LogP contribution in [0.5, 0.6) is 5.75 Å². The fraction of sp³-hybridized carbons (Fsp3) is 0.667. The summed E-state index contributed by atoms with van der Waals surface area (Å²) in [6.45, 7) is 3.01. The number of unbranched alkanes of at least 4 members (excludes halogenated alkanes) is 1. The summed E-state index contributed by atoms with van der Waals surface area (Å²) < 4.78 is 18.1. The van der Waals surface area contributed by atoms with E-state index in [0.29, 0.717) is 5.92 Å². The van der Waals surface area contributed by atoms with Gasteiger partial charge in [-0.2, -0.15) is 0 Å². The number of allylic oxidation sites excluding steroid dienone is 1. The predicted octanol–water partition coefficient (Wildman–Crippen LogP) is 7.43. The zero-order chi connectivity index (χ0) is 18.2. The lowest BCUT2D eigenvalue weighted by Gasteiger charge is -2.37. The fourth-order valence-corrected chi connectivity index (χ4v) is 5.01. The quantitative estimate of drug-likeness (QED) is 0.460. The van der Waals surface area contributed by atoms with Crippen molar-refractivity contribution in [2.75, 3.05) is 6.61 Å². The number of halogens is 1. The second-order valence-corrected chi connectivity index (χ2v) is 8.38. The smallest absolute Gasteiger partial charge is 0.119 e. The molecule has 0 N–H and O–H groups in total. The maximum Gasteiger partial charge on any atom is 0.119 e. The first-order valence-corrected chi connectivity index (χ1v) is 10.8. The van der Waals surface area contributed by atoms with E-state index in [4.69, 9.17) is 4.74 Å². The van der Waals surface area contributed by atoms with E-state index in [-0.39, 0.29) is 0 Å². The van der Waals surface area contributed by atoms with Gasteiger partial charge in [0.2, 0.25) is 0 Å². The van der Waals surface area contributed by atoms with Crippen LogP contribution in [0.4, 0.5) is 4.39 Å². The summed E-state index contributed by atoms with van der Waals surface area (Å²) in [5, 5.41) is 0. The van der Waals surface area contributed by atoms with E-state index in [1.54, 1.807) is 6.08 Å². The van der Waals surface area contributed by atoms with Crippen LogP contribution in [0.3, 0.4) is 0 Å². The van der Waals surface area contributed by atoms with E-state index in [9.17, 15) is 4.39 Å². The van der Waals surface area contributed by atoms with E-state index < -0.39 is 0 Å². The van der Waals surface area contributed by atoms with Crippen molar-refractivity contribution in [3.63, 3.8) is 0 Å². The number of ether oxygens (including phenoxy) is 1. The molecule has 1 aromatic rings. The van der Waals surface area contributed by atoms with Crippen LogP contribution >= 0.6 is 0 Å². The standard InChI is InChI=1S/C24H35FO/c1-2-3-18-26-24-14-12-23(13-15-24)22-10-8-21(9-11-22)20-6-4-19(5-7-20)16-17-25/h12-17,19-22H,2-11,18H2,1H3/t19-,20-,21-,22-. The third-order valence-electron chi connectivity index (χ3n) is 6.72. The number of benzene rings is 1. The van der Waals surface area contributed by atoms with Crippen LogP contribution in [0, 0.1) is 17.8 Å². The summed E-state index contributed by atoms with van der Waals surface area (Å²) >= 11 is 0. The first-order chi connectivity index (χ1) is 12.8. The van der Waals surface area contributed by atoms with Crippen molar-refractivity contribution in [2.24, 2.45) is 17.8 Å². The SMILES string of the molecule is CCCCOc1ccc([C@H]2CC[C@H]([C@H]3CC[C@H](C=CF)CC3)CC2)cc1. The van der Waals surface area contributed by atoms with Crippen LogP contribution in [0.1, 0.15) is 82.6 Å². The van der Waals surface area contributed by atoms with Gasteiger partial charge in [-0.1, -0.05) is 31.6 Å². The lowest BCUT2D eigenvalue weighted by molar-refractivity contribution is 0.171. The Bertz CT molecular complexity index is 534. The van der Waals surface area contributed by atoms with Crippen LogP contribution in [0.15, 0.2) is 36.7 Å². The molecule has 1 nitrogen and oxygen atoms in total. The van der Waals surface area contributed by atoms with E-state index in [0.717, 1.165) is 42.9 Å². The third kappa shape index (κ3) is 5.34. The van der Waals surface area contributed by atoms with Gasteiger partial charge in [-0.15, -0.1) is 0 Å². The average molecular weight is 359 g/mol. The van der Waals surface area contributed by atoms with Crippen molar-refractivity contribution in [1.82, 2.24) is 0 Å². The van der Waals surface area contributed by atoms with E-state index >= 15 is 0 Å². The van der Waals surface area contributed by atoms with Crippen LogP contribution in [0.25, 0.3) is 0 Å². The van der Waals surface area contributed by atoms with Gasteiger partial charge in [0.05, 0.1) is 12.9 Å². The monoisotopic (exact) mass is 358 g/mol. The van der Waals surface area contributed by atoms with Gasteiger partial charge in [0.15, 0.2) is 0 Å². The van der Waals surface area contributed by atoms with Gasteiger partial charge >= 0.3 is 0 Å². The largest absolute Gasteiger partial charge is 0.494 e. The molecule has 0 aromatic heterocycles. The van der Waals surface area contributed by atoms with Crippen molar-refractivity contribution >= 4 is 0 Å². The molecule has 0 aliphatic heterocycles. The third-order valence-corrected chi connectivity index (χ3v) is 6.72. The molecule has 144 valence electrons. The zero-order valence-electron chi connectivity index (χ0n) is 16.3. The Hall–Kier alpha value is -1.31. The Morgan fingerprint density at radius 2 is 1.54 bits per heavy atom. The molecule has 0 unspecified atom stereocenters. The van der Waals surface area contributed by atoms with Gasteiger partial charge in [-0.05, 0) is 99.2 Å². The van der Waals surface area contributed by atoms with E-state index in [2.05, 4.69) is 31.2 Å². The molecular weight excluding hydrogens is 323 g/mol. The second-order valence-electron chi connectivity index (χ2n) is 8.38. The molecule has 0 atom stereocenters. The maximum absolute atomic E-state index is 12.3. The normalized spacial score (nSPS) is 29.8. The van der Waals surface area contributed by atoms with Gasteiger partial charge in [0.1, 0.15) is 5.75 Å². The summed E-state index contributed by atoms with van der Waals surface area (Å²) in [6.07, 6.45) is 15.2. The summed E-state index contributed by atoms with van der Waals surface area (Å²) in [5.74, 6) is 4.01. The highest BCUT2D eigenvalue weighted by molar-refractivity contribution is 5.29. The molecule has 0 spiro atoms. The summed E-state index contributed by atoms with van der Waals surface area (Å²) in [5.41, 5.74) is 1.49. The minimum atomic E-state index is 0.491. The molecule has 0 amide bonds. The molecule has 2 aliphatic carbocycles. The van der Waals surface area contributed by atoms with Gasteiger partial charge < -0.3 is 4.74 Å². The van der Waals surface area contributed by atoms with Crippen molar-refractivity contribution in [3.8, 4) is 5.75 Å². The van der Waals surface area contributed by atoms with E-state index in [1.807, 2.05) is 0 Å².